The zero-order chi connectivity index (χ0) is 17.4. The summed E-state index contributed by atoms with van der Waals surface area (Å²) in [7, 11) is 3.78. The normalized spacial score (nSPS) is 11.2. The van der Waals surface area contributed by atoms with Crippen LogP contribution in [0.2, 0.25) is 5.02 Å². The van der Waals surface area contributed by atoms with Gasteiger partial charge < -0.3 is 4.57 Å². The Morgan fingerprint density at radius 1 is 1.29 bits per heavy atom. The molecule has 0 aliphatic heterocycles. The number of amides is 1. The van der Waals surface area contributed by atoms with Gasteiger partial charge in [0, 0.05) is 31.2 Å². The van der Waals surface area contributed by atoms with E-state index in [0.29, 0.717) is 23.8 Å². The van der Waals surface area contributed by atoms with E-state index in [0.717, 1.165) is 28.0 Å². The number of hydrogen-bond acceptors (Lipinski definition) is 3. The van der Waals surface area contributed by atoms with Gasteiger partial charge in [-0.25, -0.2) is 4.98 Å². The molecule has 3 aromatic rings. The van der Waals surface area contributed by atoms with E-state index < -0.39 is 0 Å². The smallest absolute Gasteiger partial charge is 0.227 e. The lowest BCUT2D eigenvalue weighted by Gasteiger charge is -2.06. The third-order valence-electron chi connectivity index (χ3n) is 4.36. The third kappa shape index (κ3) is 3.01. The van der Waals surface area contributed by atoms with Gasteiger partial charge in [0.1, 0.15) is 0 Å². The number of nitrogens with zero attached hydrogens (tertiary/aromatic N) is 4. The molecule has 0 aliphatic rings. The van der Waals surface area contributed by atoms with E-state index in [1.807, 2.05) is 49.3 Å². The minimum Gasteiger partial charge on any atom is -0.313 e. The number of aromatic nitrogens is 4. The Morgan fingerprint density at radius 3 is 2.71 bits per heavy atom. The molecular weight excluding hydrogens is 326 g/mol. The van der Waals surface area contributed by atoms with Crippen LogP contribution in [-0.2, 0) is 25.3 Å². The van der Waals surface area contributed by atoms with Crippen LogP contribution < -0.4 is 5.32 Å². The third-order valence-corrected chi connectivity index (χ3v) is 4.59. The molecule has 2 heterocycles. The fraction of sp³-hybridized carbons (Fsp3) is 0.353. The summed E-state index contributed by atoms with van der Waals surface area (Å²) in [4.78, 5) is 16.7. The van der Waals surface area contributed by atoms with E-state index in [-0.39, 0.29) is 5.91 Å². The van der Waals surface area contributed by atoms with Gasteiger partial charge in [0.25, 0.3) is 0 Å². The molecule has 1 amide bonds. The maximum Gasteiger partial charge on any atom is 0.227 e. The lowest BCUT2D eigenvalue weighted by Crippen LogP contribution is -2.15. The average Bonchev–Trinajstić information content (AvgIpc) is 2.94. The number of carbonyl (C=O) groups is 1. The standard InChI is InChI=1S/C17H20ClN5O/c1-10-13(11(2)23(4)21-10)6-8-16(24)20-17-19-14-9-12(18)5-7-15(14)22(17)3/h5,7,9H,6,8H2,1-4H3,(H,19,20,24). The van der Waals surface area contributed by atoms with Gasteiger partial charge in [0.15, 0.2) is 0 Å². The number of rotatable bonds is 4. The zero-order valence-electron chi connectivity index (χ0n) is 14.2. The topological polar surface area (TPSA) is 64.7 Å². The zero-order valence-corrected chi connectivity index (χ0v) is 15.0. The van der Waals surface area contributed by atoms with Crippen molar-refractivity contribution in [3.63, 3.8) is 0 Å². The van der Waals surface area contributed by atoms with Gasteiger partial charge >= 0.3 is 0 Å². The average molecular weight is 346 g/mol. The molecular formula is C17H20ClN5O. The Kier molecular flexibility index (Phi) is 4.32. The first-order chi connectivity index (χ1) is 11.4. The number of imidazole rings is 1. The highest BCUT2D eigenvalue weighted by Gasteiger charge is 2.14. The van der Waals surface area contributed by atoms with Gasteiger partial charge in [0.2, 0.25) is 11.9 Å². The number of carbonyl (C=O) groups excluding carboxylic acids is 1. The molecule has 7 heteroatoms. The summed E-state index contributed by atoms with van der Waals surface area (Å²) < 4.78 is 3.70. The minimum atomic E-state index is -0.0674. The van der Waals surface area contributed by atoms with Crippen LogP contribution in [0.15, 0.2) is 18.2 Å². The SMILES string of the molecule is Cc1nn(C)c(C)c1CCC(=O)Nc1nc2cc(Cl)ccc2n1C. The lowest BCUT2D eigenvalue weighted by molar-refractivity contribution is -0.116. The minimum absolute atomic E-state index is 0.0674. The van der Waals surface area contributed by atoms with E-state index in [2.05, 4.69) is 15.4 Å². The fourth-order valence-electron chi connectivity index (χ4n) is 2.89. The molecule has 0 saturated heterocycles. The van der Waals surface area contributed by atoms with Gasteiger partial charge in [0.05, 0.1) is 16.7 Å². The van der Waals surface area contributed by atoms with Crippen molar-refractivity contribution in [3.05, 3.63) is 40.2 Å². The molecule has 0 fully saturated rings. The number of hydrogen-bond donors (Lipinski definition) is 1. The van der Waals surface area contributed by atoms with Crippen molar-refractivity contribution in [2.24, 2.45) is 14.1 Å². The predicted molar refractivity (Wildman–Crippen MR) is 95.4 cm³/mol. The Labute approximate surface area is 145 Å². The van der Waals surface area contributed by atoms with Crippen LogP contribution in [0, 0.1) is 13.8 Å². The second kappa shape index (κ2) is 6.28. The first kappa shape index (κ1) is 16.5. The second-order valence-electron chi connectivity index (χ2n) is 5.95. The molecule has 126 valence electrons. The summed E-state index contributed by atoms with van der Waals surface area (Å²) in [5.74, 6) is 0.457. The van der Waals surface area contributed by atoms with Crippen molar-refractivity contribution in [2.45, 2.75) is 26.7 Å². The number of nitrogens with one attached hydrogen (secondary N) is 1. The Balaban J connectivity index is 1.72. The van der Waals surface area contributed by atoms with Gasteiger partial charge in [-0.15, -0.1) is 0 Å². The van der Waals surface area contributed by atoms with Crippen LogP contribution in [0.5, 0.6) is 0 Å². The number of anilines is 1. The summed E-state index contributed by atoms with van der Waals surface area (Å²) in [6, 6.07) is 5.49. The molecule has 0 unspecified atom stereocenters. The van der Waals surface area contributed by atoms with Crippen LogP contribution in [0.1, 0.15) is 23.4 Å². The highest BCUT2D eigenvalue weighted by atomic mass is 35.5. The molecule has 6 nitrogen and oxygen atoms in total. The molecule has 0 bridgehead atoms. The van der Waals surface area contributed by atoms with Crippen molar-refractivity contribution >= 4 is 34.5 Å². The van der Waals surface area contributed by atoms with E-state index >= 15 is 0 Å². The number of fused-ring (bicyclic) bond motifs is 1. The molecule has 0 spiro atoms. The molecule has 2 aromatic heterocycles. The van der Waals surface area contributed by atoms with Crippen LogP contribution >= 0.6 is 11.6 Å². The van der Waals surface area contributed by atoms with E-state index in [9.17, 15) is 4.79 Å². The molecule has 24 heavy (non-hydrogen) atoms. The van der Waals surface area contributed by atoms with Crippen molar-refractivity contribution in [1.82, 2.24) is 19.3 Å². The summed E-state index contributed by atoms with van der Waals surface area (Å²) in [5, 5.41) is 7.88. The van der Waals surface area contributed by atoms with Gasteiger partial charge in [-0.1, -0.05) is 11.6 Å². The Bertz CT molecular complexity index is 925. The van der Waals surface area contributed by atoms with Crippen molar-refractivity contribution in [3.8, 4) is 0 Å². The van der Waals surface area contributed by atoms with Gasteiger partial charge in [-0.3, -0.25) is 14.8 Å². The summed E-state index contributed by atoms with van der Waals surface area (Å²) >= 11 is 5.99. The maximum atomic E-state index is 12.3. The summed E-state index contributed by atoms with van der Waals surface area (Å²) in [5.41, 5.74) is 4.88. The highest BCUT2D eigenvalue weighted by molar-refractivity contribution is 6.31. The summed E-state index contributed by atoms with van der Waals surface area (Å²) in [6.45, 7) is 3.98. The number of aryl methyl sites for hydroxylation is 3. The number of halogens is 1. The molecule has 1 aromatic carbocycles. The molecule has 0 aliphatic carbocycles. The van der Waals surface area contributed by atoms with Crippen LogP contribution in [0.25, 0.3) is 11.0 Å². The number of benzene rings is 1. The maximum absolute atomic E-state index is 12.3. The second-order valence-corrected chi connectivity index (χ2v) is 6.39. The van der Waals surface area contributed by atoms with Gasteiger partial charge in [-0.05, 0) is 44.0 Å². The molecule has 0 atom stereocenters. The monoisotopic (exact) mass is 345 g/mol. The lowest BCUT2D eigenvalue weighted by atomic mass is 10.1. The molecule has 1 N–H and O–H groups in total. The highest BCUT2D eigenvalue weighted by Crippen LogP contribution is 2.22. The Hall–Kier alpha value is -2.34. The van der Waals surface area contributed by atoms with E-state index in [1.165, 1.54) is 0 Å². The van der Waals surface area contributed by atoms with Crippen LogP contribution in [0.3, 0.4) is 0 Å². The van der Waals surface area contributed by atoms with Crippen molar-refractivity contribution in [2.75, 3.05) is 5.32 Å². The quantitative estimate of drug-likeness (QED) is 0.790. The van der Waals surface area contributed by atoms with Crippen molar-refractivity contribution < 1.29 is 4.79 Å². The molecule has 3 rings (SSSR count). The fourth-order valence-corrected chi connectivity index (χ4v) is 3.06. The van der Waals surface area contributed by atoms with Crippen LogP contribution in [-0.4, -0.2) is 25.2 Å². The van der Waals surface area contributed by atoms with Gasteiger partial charge in [-0.2, -0.15) is 5.10 Å². The largest absolute Gasteiger partial charge is 0.313 e. The Morgan fingerprint density at radius 2 is 2.04 bits per heavy atom. The van der Waals surface area contributed by atoms with E-state index in [4.69, 9.17) is 11.6 Å². The van der Waals surface area contributed by atoms with E-state index in [1.54, 1.807) is 6.07 Å². The first-order valence-corrected chi connectivity index (χ1v) is 8.15. The summed E-state index contributed by atoms with van der Waals surface area (Å²) in [6.07, 6.45) is 1.05. The van der Waals surface area contributed by atoms with Crippen molar-refractivity contribution in [1.29, 1.82) is 0 Å². The molecule has 0 saturated carbocycles. The molecule has 0 radical (unpaired) electrons. The first-order valence-electron chi connectivity index (χ1n) is 7.77. The predicted octanol–water partition coefficient (Wildman–Crippen LogP) is 3.15. The van der Waals surface area contributed by atoms with Crippen LogP contribution in [0.4, 0.5) is 5.95 Å².